The summed E-state index contributed by atoms with van der Waals surface area (Å²) in [6, 6.07) is 0. The Morgan fingerprint density at radius 3 is 2.42 bits per heavy atom. The van der Waals surface area contributed by atoms with Gasteiger partial charge < -0.3 is 10.3 Å². The highest BCUT2D eigenvalue weighted by molar-refractivity contribution is 5.85. The second-order valence-electron chi connectivity index (χ2n) is 2.89. The Hall–Kier alpha value is -0.410. The lowest BCUT2D eigenvalue weighted by atomic mass is 10.2. The van der Waals surface area contributed by atoms with E-state index in [1.807, 2.05) is 10.8 Å². The highest BCUT2D eigenvalue weighted by Crippen LogP contribution is 2.01. The maximum atomic E-state index is 5.42. The van der Waals surface area contributed by atoms with Crippen molar-refractivity contribution in [1.29, 1.82) is 0 Å². The van der Waals surface area contributed by atoms with Gasteiger partial charge in [0.2, 0.25) is 0 Å². The zero-order chi connectivity index (χ0) is 7.56. The van der Waals surface area contributed by atoms with E-state index in [9.17, 15) is 0 Å². The Balaban J connectivity index is 0. The monoisotopic (exact) mass is 211 g/mol. The fourth-order valence-electron chi connectivity index (χ4n) is 0.899. The Labute approximate surface area is 85.2 Å². The molecule has 0 radical (unpaired) electrons. The number of nitrogens with zero attached hydrogens (tertiary/aromatic N) is 2. The quantitative estimate of drug-likeness (QED) is 0.814. The van der Waals surface area contributed by atoms with Gasteiger partial charge in [0.25, 0.3) is 0 Å². The smallest absolute Gasteiger partial charge is 0.141 e. The molecule has 0 aliphatic rings. The summed E-state index contributed by atoms with van der Waals surface area (Å²) in [4.78, 5) is 3.91. The van der Waals surface area contributed by atoms with Gasteiger partial charge in [0.1, 0.15) is 5.82 Å². The molecule has 0 aliphatic carbocycles. The molecule has 1 heterocycles. The molecule has 0 bridgehead atoms. The number of imidazole rings is 1. The fraction of sp³-hybridized carbons (Fsp3) is 0.571. The maximum absolute atomic E-state index is 5.42. The average Bonchev–Trinajstić information content (AvgIpc) is 2.13. The molecule has 12 heavy (non-hydrogen) atoms. The number of nitrogens with two attached hydrogens (primary N) is 1. The third-order valence-electron chi connectivity index (χ3n) is 1.23. The zero-order valence-corrected chi connectivity index (χ0v) is 8.86. The van der Waals surface area contributed by atoms with Crippen molar-refractivity contribution < 1.29 is 0 Å². The van der Waals surface area contributed by atoms with Crippen LogP contribution in [-0.2, 0) is 6.54 Å². The predicted molar refractivity (Wildman–Crippen MR) is 56.0 cm³/mol. The van der Waals surface area contributed by atoms with Gasteiger partial charge >= 0.3 is 0 Å². The molecule has 0 spiro atoms. The zero-order valence-electron chi connectivity index (χ0n) is 7.23. The minimum atomic E-state index is 0. The molecule has 2 N–H and O–H groups in total. The van der Waals surface area contributed by atoms with Crippen LogP contribution in [0.4, 0.5) is 5.82 Å². The summed E-state index contributed by atoms with van der Waals surface area (Å²) in [6.07, 6.45) is 3.61. The summed E-state index contributed by atoms with van der Waals surface area (Å²) < 4.78 is 2.00. The molecule has 5 heteroatoms. The third kappa shape index (κ3) is 4.46. The minimum absolute atomic E-state index is 0. The first-order valence-corrected chi connectivity index (χ1v) is 3.45. The summed E-state index contributed by atoms with van der Waals surface area (Å²) in [5.74, 6) is 1.24. The average molecular weight is 212 g/mol. The molecule has 0 saturated carbocycles. The van der Waals surface area contributed by atoms with E-state index in [2.05, 4.69) is 18.8 Å². The van der Waals surface area contributed by atoms with Crippen molar-refractivity contribution in [2.75, 3.05) is 5.73 Å². The number of aromatic nitrogens is 2. The second-order valence-corrected chi connectivity index (χ2v) is 2.89. The molecule has 1 aromatic heterocycles. The standard InChI is InChI=1S/C7H13N3.2ClH/c1-6(2)3-10-4-7(8)9-5-10;;/h4-6H,3,8H2,1-2H3;2*1H. The number of nitrogen functional groups attached to an aromatic ring is 1. The van der Waals surface area contributed by atoms with Gasteiger partial charge in [0.05, 0.1) is 6.33 Å². The molecule has 0 amide bonds. The van der Waals surface area contributed by atoms with Crippen LogP contribution in [0.15, 0.2) is 12.5 Å². The van der Waals surface area contributed by atoms with Crippen molar-refractivity contribution in [3.63, 3.8) is 0 Å². The Kier molecular flexibility index (Phi) is 7.24. The molecule has 0 saturated heterocycles. The Morgan fingerprint density at radius 1 is 1.50 bits per heavy atom. The molecule has 1 aromatic rings. The minimum Gasteiger partial charge on any atom is -0.382 e. The van der Waals surface area contributed by atoms with Crippen molar-refractivity contribution in [1.82, 2.24) is 9.55 Å². The lowest BCUT2D eigenvalue weighted by molar-refractivity contribution is 0.523. The third-order valence-corrected chi connectivity index (χ3v) is 1.23. The summed E-state index contributed by atoms with van der Waals surface area (Å²) in [7, 11) is 0. The number of rotatable bonds is 2. The highest BCUT2D eigenvalue weighted by Gasteiger charge is 1.95. The molecule has 0 unspecified atom stereocenters. The van der Waals surface area contributed by atoms with E-state index in [-0.39, 0.29) is 24.8 Å². The van der Waals surface area contributed by atoms with E-state index in [4.69, 9.17) is 5.73 Å². The molecular weight excluding hydrogens is 197 g/mol. The number of halogens is 2. The Morgan fingerprint density at radius 2 is 2.08 bits per heavy atom. The van der Waals surface area contributed by atoms with Crippen molar-refractivity contribution in [2.45, 2.75) is 20.4 Å². The van der Waals surface area contributed by atoms with Crippen molar-refractivity contribution >= 4 is 30.6 Å². The molecule has 72 valence electrons. The van der Waals surface area contributed by atoms with E-state index in [1.54, 1.807) is 6.33 Å². The molecule has 3 nitrogen and oxygen atoms in total. The first-order chi connectivity index (χ1) is 4.68. The van der Waals surface area contributed by atoms with E-state index in [0.29, 0.717) is 11.7 Å². The van der Waals surface area contributed by atoms with Crippen molar-refractivity contribution in [3.8, 4) is 0 Å². The Bertz CT molecular complexity index is 210. The van der Waals surface area contributed by atoms with Gasteiger partial charge in [-0.25, -0.2) is 4.98 Å². The predicted octanol–water partition coefficient (Wildman–Crippen LogP) is 1.96. The van der Waals surface area contributed by atoms with Crippen LogP contribution in [0.5, 0.6) is 0 Å². The molecule has 0 atom stereocenters. The van der Waals surface area contributed by atoms with Crippen molar-refractivity contribution in [2.24, 2.45) is 5.92 Å². The fourth-order valence-corrected chi connectivity index (χ4v) is 0.899. The van der Waals surface area contributed by atoms with Crippen LogP contribution in [0.1, 0.15) is 13.8 Å². The maximum Gasteiger partial charge on any atom is 0.141 e. The summed E-state index contributed by atoms with van der Waals surface area (Å²) in [6.45, 7) is 5.32. The lowest BCUT2D eigenvalue weighted by Crippen LogP contribution is -2.01. The van der Waals surface area contributed by atoms with Gasteiger partial charge in [0.15, 0.2) is 0 Å². The first kappa shape index (κ1) is 14.1. The molecule has 0 aromatic carbocycles. The van der Waals surface area contributed by atoms with Crippen LogP contribution in [-0.4, -0.2) is 9.55 Å². The van der Waals surface area contributed by atoms with Gasteiger partial charge in [-0.05, 0) is 5.92 Å². The molecule has 0 fully saturated rings. The lowest BCUT2D eigenvalue weighted by Gasteiger charge is -2.03. The van der Waals surface area contributed by atoms with Gasteiger partial charge in [0, 0.05) is 12.7 Å². The van der Waals surface area contributed by atoms with Crippen LogP contribution in [0, 0.1) is 5.92 Å². The van der Waals surface area contributed by atoms with Crippen LogP contribution in [0.25, 0.3) is 0 Å². The van der Waals surface area contributed by atoms with Gasteiger partial charge in [-0.2, -0.15) is 0 Å². The second kappa shape index (κ2) is 6.14. The normalized spacial score (nSPS) is 8.92. The van der Waals surface area contributed by atoms with Crippen molar-refractivity contribution in [3.05, 3.63) is 12.5 Å². The molecule has 1 rings (SSSR count). The van der Waals surface area contributed by atoms with E-state index in [1.165, 1.54) is 0 Å². The summed E-state index contributed by atoms with van der Waals surface area (Å²) in [5, 5.41) is 0. The van der Waals surface area contributed by atoms with E-state index >= 15 is 0 Å². The molecular formula is C7H15Cl2N3. The van der Waals surface area contributed by atoms with Crippen LogP contribution in [0.2, 0.25) is 0 Å². The number of hydrogen-bond donors (Lipinski definition) is 1. The van der Waals surface area contributed by atoms with E-state index in [0.717, 1.165) is 6.54 Å². The van der Waals surface area contributed by atoms with Gasteiger partial charge in [-0.3, -0.25) is 0 Å². The number of hydrogen-bond acceptors (Lipinski definition) is 2. The SMILES string of the molecule is CC(C)Cn1cnc(N)c1.Cl.Cl. The van der Waals surface area contributed by atoms with Crippen LogP contribution >= 0.6 is 24.8 Å². The largest absolute Gasteiger partial charge is 0.382 e. The molecule has 0 aliphatic heterocycles. The topological polar surface area (TPSA) is 43.8 Å². The number of anilines is 1. The highest BCUT2D eigenvalue weighted by atomic mass is 35.5. The first-order valence-electron chi connectivity index (χ1n) is 3.45. The summed E-state index contributed by atoms with van der Waals surface area (Å²) >= 11 is 0. The van der Waals surface area contributed by atoms with E-state index < -0.39 is 0 Å². The van der Waals surface area contributed by atoms with Crippen LogP contribution in [0.3, 0.4) is 0 Å². The van der Waals surface area contributed by atoms with Crippen LogP contribution < -0.4 is 5.73 Å². The van der Waals surface area contributed by atoms with Gasteiger partial charge in [-0.15, -0.1) is 24.8 Å². The summed E-state index contributed by atoms with van der Waals surface area (Å²) in [5.41, 5.74) is 5.42. The van der Waals surface area contributed by atoms with Gasteiger partial charge in [-0.1, -0.05) is 13.8 Å².